The highest BCUT2D eigenvalue weighted by molar-refractivity contribution is 7.92. The van der Waals surface area contributed by atoms with Crippen molar-refractivity contribution in [2.75, 3.05) is 18.0 Å². The smallest absolute Gasteiger partial charge is 0.264 e. The Bertz CT molecular complexity index is 1400. The highest BCUT2D eigenvalue weighted by Gasteiger charge is 2.35. The van der Waals surface area contributed by atoms with Gasteiger partial charge in [-0.15, -0.1) is 0 Å². The summed E-state index contributed by atoms with van der Waals surface area (Å²) in [6.07, 6.45) is 0.347. The minimum absolute atomic E-state index is 0.0453. The molecule has 0 heterocycles. The topological polar surface area (TPSA) is 96.0 Å². The third-order valence-corrected chi connectivity index (χ3v) is 8.10. The Labute approximate surface area is 238 Å². The summed E-state index contributed by atoms with van der Waals surface area (Å²) in [6.45, 7) is 8.94. The van der Waals surface area contributed by atoms with Crippen LogP contribution in [0.15, 0.2) is 83.8 Å². The molecule has 0 radical (unpaired) electrons. The summed E-state index contributed by atoms with van der Waals surface area (Å²) >= 11 is 0. The number of aryl methyl sites for hydroxylation is 1. The molecule has 0 saturated heterocycles. The zero-order valence-corrected chi connectivity index (χ0v) is 24.9. The summed E-state index contributed by atoms with van der Waals surface area (Å²) in [5.74, 6) is -0.510. The van der Waals surface area contributed by atoms with Crippen LogP contribution in [0.25, 0.3) is 0 Å². The average Bonchev–Trinajstić information content (AvgIpc) is 2.91. The minimum atomic E-state index is -4.18. The molecule has 2 amide bonds. The first-order valence-corrected chi connectivity index (χ1v) is 14.7. The number of anilines is 1. The summed E-state index contributed by atoms with van der Waals surface area (Å²) in [5.41, 5.74) is 1.45. The Morgan fingerprint density at radius 1 is 0.925 bits per heavy atom. The molecule has 0 fully saturated rings. The van der Waals surface area contributed by atoms with Gasteiger partial charge in [0.25, 0.3) is 10.0 Å². The Hall–Kier alpha value is -3.85. The lowest BCUT2D eigenvalue weighted by Gasteiger charge is -2.35. The number of amides is 2. The number of rotatable bonds is 11. The van der Waals surface area contributed by atoms with Gasteiger partial charge in [0.2, 0.25) is 11.8 Å². The van der Waals surface area contributed by atoms with E-state index in [1.165, 1.54) is 24.1 Å². The third kappa shape index (κ3) is 7.63. The standard InChI is InChI=1S/C31H39N3O5S/c1-7-26(30(36)32-31(3,4)5)33(21-24-13-9-8-10-14-24)29(35)22-34(27-15-11-12-16-28(27)39-6)40(37,38)25-19-17-23(2)18-20-25/h8-20,26H,7,21-22H2,1-6H3,(H,32,36). The van der Waals surface area contributed by atoms with Gasteiger partial charge in [-0.1, -0.05) is 67.1 Å². The predicted molar refractivity (Wildman–Crippen MR) is 158 cm³/mol. The molecule has 214 valence electrons. The number of nitrogens with one attached hydrogen (secondary N) is 1. The number of ether oxygens (including phenoxy) is 1. The van der Waals surface area contributed by atoms with Gasteiger partial charge in [-0.05, 0) is 63.9 Å². The highest BCUT2D eigenvalue weighted by Crippen LogP contribution is 2.32. The first-order chi connectivity index (χ1) is 18.9. The first kappa shape index (κ1) is 30.7. The fourth-order valence-corrected chi connectivity index (χ4v) is 5.76. The van der Waals surface area contributed by atoms with E-state index in [4.69, 9.17) is 4.74 Å². The van der Waals surface area contributed by atoms with E-state index in [0.29, 0.717) is 12.2 Å². The van der Waals surface area contributed by atoms with Gasteiger partial charge < -0.3 is 15.0 Å². The summed E-state index contributed by atoms with van der Waals surface area (Å²) < 4.78 is 34.6. The molecule has 0 aliphatic carbocycles. The number of hydrogen-bond acceptors (Lipinski definition) is 5. The van der Waals surface area contributed by atoms with Gasteiger partial charge in [0, 0.05) is 12.1 Å². The number of methoxy groups -OCH3 is 1. The molecule has 0 spiro atoms. The van der Waals surface area contributed by atoms with Crippen molar-refractivity contribution in [1.82, 2.24) is 10.2 Å². The van der Waals surface area contributed by atoms with Gasteiger partial charge in [-0.2, -0.15) is 0 Å². The average molecular weight is 566 g/mol. The third-order valence-electron chi connectivity index (χ3n) is 6.32. The van der Waals surface area contributed by atoms with Crippen LogP contribution in [-0.4, -0.2) is 50.4 Å². The van der Waals surface area contributed by atoms with E-state index in [9.17, 15) is 18.0 Å². The number of benzene rings is 3. The van der Waals surface area contributed by atoms with E-state index in [-0.39, 0.29) is 23.0 Å². The molecule has 3 aromatic rings. The van der Waals surface area contributed by atoms with Crippen molar-refractivity contribution in [2.45, 2.75) is 64.1 Å². The monoisotopic (exact) mass is 565 g/mol. The molecular formula is C31H39N3O5S. The molecule has 0 saturated carbocycles. The SMILES string of the molecule is CCC(C(=O)NC(C)(C)C)N(Cc1ccccc1)C(=O)CN(c1ccccc1OC)S(=O)(=O)c1ccc(C)cc1. The van der Waals surface area contributed by atoms with Gasteiger partial charge in [0.05, 0.1) is 17.7 Å². The van der Waals surface area contributed by atoms with Crippen LogP contribution >= 0.6 is 0 Å². The van der Waals surface area contributed by atoms with Crippen molar-refractivity contribution in [3.05, 3.63) is 90.0 Å². The molecule has 3 rings (SSSR count). The second-order valence-electron chi connectivity index (χ2n) is 10.7. The van der Waals surface area contributed by atoms with Gasteiger partial charge in [-0.3, -0.25) is 13.9 Å². The van der Waals surface area contributed by atoms with Crippen LogP contribution in [0.2, 0.25) is 0 Å². The zero-order chi connectivity index (χ0) is 29.5. The summed E-state index contributed by atoms with van der Waals surface area (Å²) in [7, 11) is -2.73. The van der Waals surface area contributed by atoms with Gasteiger partial charge >= 0.3 is 0 Å². The molecule has 0 aromatic heterocycles. The predicted octanol–water partition coefficient (Wildman–Crippen LogP) is 4.92. The molecule has 0 aliphatic rings. The second-order valence-corrected chi connectivity index (χ2v) is 12.5. The maximum atomic E-state index is 14.1. The van der Waals surface area contributed by atoms with Crippen molar-refractivity contribution in [2.24, 2.45) is 0 Å². The molecule has 0 aliphatic heterocycles. The second kappa shape index (κ2) is 13.0. The lowest BCUT2D eigenvalue weighted by Crippen LogP contribution is -2.55. The number of nitrogens with zero attached hydrogens (tertiary/aromatic N) is 2. The quantitative estimate of drug-likeness (QED) is 0.356. The number of carbonyl (C=O) groups excluding carboxylic acids is 2. The van der Waals surface area contributed by atoms with Crippen LogP contribution in [0.5, 0.6) is 5.75 Å². The molecule has 8 nitrogen and oxygen atoms in total. The Balaban J connectivity index is 2.10. The molecule has 1 unspecified atom stereocenters. The van der Waals surface area contributed by atoms with Crippen LogP contribution in [0.1, 0.15) is 45.2 Å². The maximum Gasteiger partial charge on any atom is 0.264 e. The van der Waals surface area contributed by atoms with Crippen molar-refractivity contribution in [3.63, 3.8) is 0 Å². The molecule has 9 heteroatoms. The van der Waals surface area contributed by atoms with Gasteiger partial charge in [-0.25, -0.2) is 8.42 Å². The van der Waals surface area contributed by atoms with E-state index in [1.54, 1.807) is 36.4 Å². The van der Waals surface area contributed by atoms with Crippen LogP contribution in [0, 0.1) is 6.92 Å². The van der Waals surface area contributed by atoms with E-state index >= 15 is 0 Å². The Morgan fingerprint density at radius 3 is 2.10 bits per heavy atom. The number of carbonyl (C=O) groups is 2. The van der Waals surface area contributed by atoms with Crippen LogP contribution < -0.4 is 14.4 Å². The first-order valence-electron chi connectivity index (χ1n) is 13.2. The van der Waals surface area contributed by atoms with E-state index < -0.39 is 34.1 Å². The van der Waals surface area contributed by atoms with Crippen molar-refractivity contribution in [3.8, 4) is 5.75 Å². The van der Waals surface area contributed by atoms with E-state index in [2.05, 4.69) is 5.32 Å². The van der Waals surface area contributed by atoms with Crippen LogP contribution in [-0.2, 0) is 26.2 Å². The largest absolute Gasteiger partial charge is 0.495 e. The molecular weight excluding hydrogens is 526 g/mol. The van der Waals surface area contributed by atoms with Crippen molar-refractivity contribution >= 4 is 27.5 Å². The summed E-state index contributed by atoms with van der Waals surface area (Å²) in [5, 5.41) is 2.97. The minimum Gasteiger partial charge on any atom is -0.495 e. The van der Waals surface area contributed by atoms with E-state index in [1.807, 2.05) is 65.0 Å². The molecule has 1 atom stereocenters. The summed E-state index contributed by atoms with van der Waals surface area (Å²) in [4.78, 5) is 29.0. The number of para-hydroxylation sites is 2. The van der Waals surface area contributed by atoms with Gasteiger partial charge in [0.1, 0.15) is 18.3 Å². The van der Waals surface area contributed by atoms with E-state index in [0.717, 1.165) is 15.4 Å². The maximum absolute atomic E-state index is 14.1. The molecule has 0 bridgehead atoms. The number of sulfonamides is 1. The van der Waals surface area contributed by atoms with Crippen molar-refractivity contribution in [1.29, 1.82) is 0 Å². The fraction of sp³-hybridized carbons (Fsp3) is 0.355. The lowest BCUT2D eigenvalue weighted by molar-refractivity contribution is -0.141. The van der Waals surface area contributed by atoms with Gasteiger partial charge in [0.15, 0.2) is 0 Å². The molecule has 1 N–H and O–H groups in total. The molecule has 40 heavy (non-hydrogen) atoms. The van der Waals surface area contributed by atoms with Crippen LogP contribution in [0.3, 0.4) is 0 Å². The van der Waals surface area contributed by atoms with Crippen LogP contribution in [0.4, 0.5) is 5.69 Å². The summed E-state index contributed by atoms with van der Waals surface area (Å²) in [6, 6.07) is 21.6. The Kier molecular flexibility index (Phi) is 9.98. The zero-order valence-electron chi connectivity index (χ0n) is 24.0. The normalized spacial score (nSPS) is 12.3. The number of hydrogen-bond donors (Lipinski definition) is 1. The Morgan fingerprint density at radius 2 is 1.52 bits per heavy atom. The lowest BCUT2D eigenvalue weighted by atomic mass is 10.1. The van der Waals surface area contributed by atoms with Crippen molar-refractivity contribution < 1.29 is 22.7 Å². The highest BCUT2D eigenvalue weighted by atomic mass is 32.2. The molecule has 3 aromatic carbocycles. The fourth-order valence-electron chi connectivity index (χ4n) is 4.34.